The predicted molar refractivity (Wildman–Crippen MR) is 119 cm³/mol. The van der Waals surface area contributed by atoms with Crippen molar-refractivity contribution in [3.63, 3.8) is 0 Å². The first-order valence-electron chi connectivity index (χ1n) is 8.39. The van der Waals surface area contributed by atoms with E-state index in [1.807, 2.05) is 31.7 Å². The van der Waals surface area contributed by atoms with Gasteiger partial charge in [-0.1, -0.05) is 6.07 Å². The van der Waals surface area contributed by atoms with E-state index in [0.29, 0.717) is 18.8 Å². The summed E-state index contributed by atoms with van der Waals surface area (Å²) in [5.74, 6) is 2.46. The van der Waals surface area contributed by atoms with E-state index in [1.165, 1.54) is 12.2 Å². The molecule has 1 aromatic heterocycles. The molecule has 1 rings (SSSR count). The van der Waals surface area contributed by atoms with Gasteiger partial charge < -0.3 is 16.0 Å². The lowest BCUT2D eigenvalue weighted by atomic mass is 10.3. The highest BCUT2D eigenvalue weighted by Gasteiger charge is 2.04. The highest BCUT2D eigenvalue weighted by atomic mass is 127. The fourth-order valence-corrected chi connectivity index (χ4v) is 2.43. The van der Waals surface area contributed by atoms with Crippen molar-refractivity contribution in [1.82, 2.24) is 15.6 Å². The Balaban J connectivity index is 0.00000576. The number of anilines is 1. The molecule has 25 heavy (non-hydrogen) atoms. The van der Waals surface area contributed by atoms with Crippen molar-refractivity contribution in [3.05, 3.63) is 23.9 Å². The third-order valence-corrected chi connectivity index (χ3v) is 3.89. The van der Waals surface area contributed by atoms with Crippen molar-refractivity contribution in [3.8, 4) is 0 Å². The molecule has 142 valence electrons. The fraction of sp³-hybridized carbons (Fsp3) is 0.588. The molecular weight excluding hydrogens is 449 g/mol. The van der Waals surface area contributed by atoms with Gasteiger partial charge in [-0.3, -0.25) is 9.79 Å². The minimum Gasteiger partial charge on any atom is -0.357 e. The van der Waals surface area contributed by atoms with Gasteiger partial charge >= 0.3 is 0 Å². The summed E-state index contributed by atoms with van der Waals surface area (Å²) in [5, 5.41) is 9.17. The Hall–Kier alpha value is -1.03. The van der Waals surface area contributed by atoms with Gasteiger partial charge in [0.05, 0.1) is 0 Å². The maximum absolute atomic E-state index is 11.9. The van der Waals surface area contributed by atoms with Crippen LogP contribution in [-0.4, -0.2) is 48.5 Å². The number of hydrogen-bond acceptors (Lipinski definition) is 4. The topological polar surface area (TPSA) is 78.4 Å². The average Bonchev–Trinajstić information content (AvgIpc) is 2.56. The molecule has 0 unspecified atom stereocenters. The van der Waals surface area contributed by atoms with Crippen LogP contribution in [0.2, 0.25) is 0 Å². The van der Waals surface area contributed by atoms with Gasteiger partial charge in [0, 0.05) is 32.3 Å². The third kappa shape index (κ3) is 12.0. The monoisotopic (exact) mass is 479 g/mol. The second-order valence-electron chi connectivity index (χ2n) is 5.41. The first kappa shape index (κ1) is 24.0. The number of rotatable bonds is 10. The number of unbranched alkanes of at least 4 members (excludes halogenated alkanes) is 1. The molecule has 3 N–H and O–H groups in total. The fourth-order valence-electron chi connectivity index (χ4n) is 1.93. The zero-order chi connectivity index (χ0) is 17.6. The number of amides is 1. The van der Waals surface area contributed by atoms with Crippen molar-refractivity contribution in [2.24, 2.45) is 4.99 Å². The van der Waals surface area contributed by atoms with Gasteiger partial charge in [-0.25, -0.2) is 4.98 Å². The van der Waals surface area contributed by atoms with Gasteiger partial charge in [0.15, 0.2) is 5.96 Å². The van der Waals surface area contributed by atoms with Crippen molar-refractivity contribution in [2.45, 2.75) is 33.1 Å². The molecule has 1 heterocycles. The molecule has 1 amide bonds. The number of nitrogens with one attached hydrogen (secondary N) is 3. The Labute approximate surface area is 172 Å². The molecule has 0 radical (unpaired) electrons. The smallest absolute Gasteiger partial charge is 0.227 e. The number of aromatic nitrogens is 1. The van der Waals surface area contributed by atoms with Gasteiger partial charge in [-0.15, -0.1) is 24.0 Å². The van der Waals surface area contributed by atoms with Crippen molar-refractivity contribution < 1.29 is 4.79 Å². The molecule has 8 heteroatoms. The minimum absolute atomic E-state index is 0. The number of halogens is 1. The maximum Gasteiger partial charge on any atom is 0.227 e. The quantitative estimate of drug-likeness (QED) is 0.208. The summed E-state index contributed by atoms with van der Waals surface area (Å²) in [6, 6.07) is 3.73. The molecule has 0 spiro atoms. The zero-order valence-electron chi connectivity index (χ0n) is 15.3. The summed E-state index contributed by atoms with van der Waals surface area (Å²) >= 11 is 1.86. The zero-order valence-corrected chi connectivity index (χ0v) is 18.4. The number of carbonyl (C=O) groups excluding carboxylic acids is 1. The number of thioether (sulfide) groups is 1. The van der Waals surface area contributed by atoms with Crippen LogP contribution in [0.5, 0.6) is 0 Å². The number of pyridine rings is 1. The summed E-state index contributed by atoms with van der Waals surface area (Å²) in [6.07, 6.45) is 6.48. The van der Waals surface area contributed by atoms with Crippen LogP contribution >= 0.6 is 35.7 Å². The molecule has 0 fully saturated rings. The van der Waals surface area contributed by atoms with Crippen LogP contribution in [0.1, 0.15) is 31.7 Å². The van der Waals surface area contributed by atoms with E-state index >= 15 is 0 Å². The molecular formula is C17H30IN5OS. The lowest BCUT2D eigenvalue weighted by Gasteiger charge is -2.11. The normalized spacial score (nSPS) is 10.8. The number of aryl methyl sites for hydroxylation is 1. The lowest BCUT2D eigenvalue weighted by molar-refractivity contribution is -0.116. The van der Waals surface area contributed by atoms with E-state index in [4.69, 9.17) is 0 Å². The summed E-state index contributed by atoms with van der Waals surface area (Å²) < 4.78 is 0. The molecule has 0 aromatic carbocycles. The van der Waals surface area contributed by atoms with Crippen LogP contribution in [0, 0.1) is 6.92 Å². The van der Waals surface area contributed by atoms with Crippen LogP contribution < -0.4 is 16.0 Å². The molecule has 6 nitrogen and oxygen atoms in total. The SMILES string of the molecule is CCNC(=NCCCCSC)NCCC(=O)Nc1ccc(C)cn1.I. The second-order valence-corrected chi connectivity index (χ2v) is 6.39. The highest BCUT2D eigenvalue weighted by Crippen LogP contribution is 2.04. The van der Waals surface area contributed by atoms with Gasteiger partial charge in [-0.05, 0) is 50.3 Å². The number of aliphatic imine (C=N–C) groups is 1. The number of guanidine groups is 1. The van der Waals surface area contributed by atoms with Crippen LogP contribution in [0.15, 0.2) is 23.3 Å². The summed E-state index contributed by atoms with van der Waals surface area (Å²) in [5.41, 5.74) is 1.07. The van der Waals surface area contributed by atoms with Crippen molar-refractivity contribution >= 4 is 53.4 Å². The van der Waals surface area contributed by atoms with Gasteiger partial charge in [0.1, 0.15) is 5.82 Å². The Morgan fingerprint density at radius 3 is 2.72 bits per heavy atom. The minimum atomic E-state index is -0.0605. The van der Waals surface area contributed by atoms with Crippen LogP contribution in [-0.2, 0) is 4.79 Å². The van der Waals surface area contributed by atoms with Gasteiger partial charge in [-0.2, -0.15) is 11.8 Å². The third-order valence-electron chi connectivity index (χ3n) is 3.19. The Kier molecular flexibility index (Phi) is 14.6. The summed E-state index contributed by atoms with van der Waals surface area (Å²) in [7, 11) is 0. The highest BCUT2D eigenvalue weighted by molar-refractivity contribution is 14.0. The summed E-state index contributed by atoms with van der Waals surface area (Å²) in [4.78, 5) is 20.6. The second kappa shape index (κ2) is 15.2. The standard InChI is InChI=1S/C17H29N5OS.HI/c1-4-18-17(19-10-5-6-12-24-3)20-11-9-16(23)22-15-8-7-14(2)13-21-15;/h7-8,13H,4-6,9-12H2,1-3H3,(H2,18,19,20)(H,21,22,23);1H. The molecule has 0 saturated carbocycles. The molecule has 0 atom stereocenters. The molecule has 0 aliphatic carbocycles. The van der Waals surface area contributed by atoms with E-state index in [9.17, 15) is 4.79 Å². The van der Waals surface area contributed by atoms with E-state index < -0.39 is 0 Å². The van der Waals surface area contributed by atoms with Crippen LogP contribution in [0.25, 0.3) is 0 Å². The predicted octanol–water partition coefficient (Wildman–Crippen LogP) is 3.03. The Morgan fingerprint density at radius 1 is 1.28 bits per heavy atom. The largest absolute Gasteiger partial charge is 0.357 e. The van der Waals surface area contributed by atoms with E-state index in [-0.39, 0.29) is 29.9 Å². The average molecular weight is 479 g/mol. The van der Waals surface area contributed by atoms with E-state index in [2.05, 4.69) is 32.2 Å². The Bertz CT molecular complexity index is 510. The first-order chi connectivity index (χ1) is 11.7. The molecule has 0 aliphatic rings. The molecule has 0 bridgehead atoms. The maximum atomic E-state index is 11.9. The molecule has 0 saturated heterocycles. The van der Waals surface area contributed by atoms with E-state index in [1.54, 1.807) is 12.3 Å². The van der Waals surface area contributed by atoms with Crippen LogP contribution in [0.4, 0.5) is 5.82 Å². The van der Waals surface area contributed by atoms with Gasteiger partial charge in [0.2, 0.25) is 5.91 Å². The lowest BCUT2D eigenvalue weighted by Crippen LogP contribution is -2.38. The number of hydrogen-bond donors (Lipinski definition) is 3. The number of nitrogens with zero attached hydrogens (tertiary/aromatic N) is 2. The number of carbonyl (C=O) groups is 1. The molecule has 0 aliphatic heterocycles. The van der Waals surface area contributed by atoms with Gasteiger partial charge in [0.25, 0.3) is 0 Å². The van der Waals surface area contributed by atoms with Crippen LogP contribution in [0.3, 0.4) is 0 Å². The molecule has 1 aromatic rings. The van der Waals surface area contributed by atoms with Crippen molar-refractivity contribution in [1.29, 1.82) is 0 Å². The van der Waals surface area contributed by atoms with E-state index in [0.717, 1.165) is 31.0 Å². The van der Waals surface area contributed by atoms with Crippen molar-refractivity contribution in [2.75, 3.05) is 37.0 Å². The first-order valence-corrected chi connectivity index (χ1v) is 9.78. The Morgan fingerprint density at radius 2 is 2.08 bits per heavy atom. The summed E-state index contributed by atoms with van der Waals surface area (Å²) in [6.45, 7) is 6.13.